The van der Waals surface area contributed by atoms with Gasteiger partial charge >= 0.3 is 6.09 Å². The van der Waals surface area contributed by atoms with Crippen LogP contribution in [0.1, 0.15) is 24.2 Å². The van der Waals surface area contributed by atoms with E-state index in [1.807, 2.05) is 24.3 Å². The lowest BCUT2D eigenvalue weighted by Crippen LogP contribution is -2.57. The van der Waals surface area contributed by atoms with Crippen LogP contribution >= 0.6 is 0 Å². The van der Waals surface area contributed by atoms with E-state index in [0.717, 1.165) is 25.9 Å². The molecule has 5 rings (SSSR count). The highest BCUT2D eigenvalue weighted by atomic mass is 19.1. The van der Waals surface area contributed by atoms with Gasteiger partial charge in [-0.15, -0.1) is 10.2 Å². The summed E-state index contributed by atoms with van der Waals surface area (Å²) in [5, 5.41) is 8.75. The van der Waals surface area contributed by atoms with Crippen LogP contribution in [-0.4, -0.2) is 57.4 Å². The van der Waals surface area contributed by atoms with Crippen LogP contribution in [0.4, 0.5) is 9.18 Å². The highest BCUT2D eigenvalue weighted by Crippen LogP contribution is 2.39. The fourth-order valence-corrected chi connectivity index (χ4v) is 4.77. The van der Waals surface area contributed by atoms with Gasteiger partial charge in [0, 0.05) is 31.7 Å². The molecule has 1 saturated heterocycles. The maximum absolute atomic E-state index is 14.1. The average Bonchev–Trinajstić information content (AvgIpc) is 3.46. The molecule has 0 atom stereocenters. The van der Waals surface area contributed by atoms with Crippen LogP contribution in [0, 0.1) is 5.82 Å². The number of hydrogen-bond donors (Lipinski definition) is 0. The highest BCUT2D eigenvalue weighted by Gasteiger charge is 2.46. The molecule has 0 unspecified atom stereocenters. The van der Waals surface area contributed by atoms with Crippen molar-refractivity contribution in [3.8, 4) is 11.6 Å². The molecular formula is C22H24FN5O3. The fourth-order valence-electron chi connectivity index (χ4n) is 4.77. The first kappa shape index (κ1) is 19.7. The Hall–Kier alpha value is -3.20. The molecule has 8 nitrogen and oxygen atoms in total. The summed E-state index contributed by atoms with van der Waals surface area (Å²) in [6, 6.07) is 10.6. The lowest BCUT2D eigenvalue weighted by atomic mass is 9.84. The van der Waals surface area contributed by atoms with E-state index < -0.39 is 0 Å². The van der Waals surface area contributed by atoms with Crippen molar-refractivity contribution in [2.75, 3.05) is 26.7 Å². The predicted octanol–water partition coefficient (Wildman–Crippen LogP) is 3.25. The molecule has 0 N–H and O–H groups in total. The lowest BCUT2D eigenvalue weighted by molar-refractivity contribution is 0.0337. The highest BCUT2D eigenvalue weighted by molar-refractivity contribution is 5.68. The molecule has 0 aliphatic carbocycles. The zero-order valence-corrected chi connectivity index (χ0v) is 17.3. The summed E-state index contributed by atoms with van der Waals surface area (Å²) in [4.78, 5) is 16.3. The van der Waals surface area contributed by atoms with Crippen molar-refractivity contribution in [3.05, 3.63) is 59.9 Å². The number of benzene rings is 1. The van der Waals surface area contributed by atoms with Crippen molar-refractivity contribution in [1.82, 2.24) is 24.6 Å². The van der Waals surface area contributed by atoms with Gasteiger partial charge in [0.05, 0.1) is 25.5 Å². The monoisotopic (exact) mass is 425 g/mol. The number of hydrogen-bond acceptors (Lipinski definition) is 6. The minimum absolute atomic E-state index is 0.182. The number of halogens is 1. The molecule has 31 heavy (non-hydrogen) atoms. The van der Waals surface area contributed by atoms with Crippen LogP contribution in [0.3, 0.4) is 0 Å². The molecule has 0 saturated carbocycles. The molecule has 1 fully saturated rings. The van der Waals surface area contributed by atoms with Crippen molar-refractivity contribution in [1.29, 1.82) is 0 Å². The summed E-state index contributed by atoms with van der Waals surface area (Å²) in [6.45, 7) is 2.92. The number of carbonyl (C=O) groups excluding carboxylic acids is 1. The average molecular weight is 425 g/mol. The van der Waals surface area contributed by atoms with Gasteiger partial charge in [-0.05, 0) is 31.0 Å². The molecule has 1 aromatic carbocycles. The second-order valence-corrected chi connectivity index (χ2v) is 8.17. The minimum atomic E-state index is -0.376. The molecule has 4 heterocycles. The number of furan rings is 1. The quantitative estimate of drug-likeness (QED) is 0.641. The summed E-state index contributed by atoms with van der Waals surface area (Å²) in [5.41, 5.74) is 0.318. The van der Waals surface area contributed by atoms with E-state index in [9.17, 15) is 9.18 Å². The van der Waals surface area contributed by atoms with E-state index in [1.165, 1.54) is 13.2 Å². The molecule has 3 aromatic rings. The number of likely N-dealkylation sites (tertiary alicyclic amines) is 1. The van der Waals surface area contributed by atoms with Gasteiger partial charge in [0.2, 0.25) is 0 Å². The van der Waals surface area contributed by atoms with Crippen LogP contribution in [0.5, 0.6) is 0 Å². The van der Waals surface area contributed by atoms with Gasteiger partial charge in [-0.2, -0.15) is 0 Å². The normalized spacial score (nSPS) is 18.2. The van der Waals surface area contributed by atoms with Gasteiger partial charge in [0.1, 0.15) is 5.82 Å². The number of fused-ring (bicyclic) bond motifs is 2. The summed E-state index contributed by atoms with van der Waals surface area (Å²) in [5.74, 6) is 1.86. The number of methoxy groups -OCH3 is 1. The van der Waals surface area contributed by atoms with E-state index in [-0.39, 0.29) is 17.4 Å². The van der Waals surface area contributed by atoms with Crippen LogP contribution in [0.2, 0.25) is 0 Å². The molecule has 0 bridgehead atoms. The summed E-state index contributed by atoms with van der Waals surface area (Å²) in [6.07, 6.45) is 2.79. The van der Waals surface area contributed by atoms with E-state index in [2.05, 4.69) is 19.7 Å². The maximum atomic E-state index is 14.1. The molecule has 1 amide bonds. The first-order chi connectivity index (χ1) is 15.1. The summed E-state index contributed by atoms with van der Waals surface area (Å²) < 4.78 is 26.9. The summed E-state index contributed by atoms with van der Waals surface area (Å²) >= 11 is 0. The van der Waals surface area contributed by atoms with Gasteiger partial charge < -0.3 is 9.15 Å². The largest absolute Gasteiger partial charge is 0.461 e. The van der Waals surface area contributed by atoms with Crippen LogP contribution in [0.25, 0.3) is 11.6 Å². The fraction of sp³-hybridized carbons (Fsp3) is 0.409. The number of aromatic nitrogens is 3. The Morgan fingerprint density at radius 3 is 2.71 bits per heavy atom. The van der Waals surface area contributed by atoms with E-state index >= 15 is 0 Å². The molecule has 2 aliphatic rings. The number of rotatable bonds is 3. The Labute approximate surface area is 179 Å². The van der Waals surface area contributed by atoms with Crippen LogP contribution in [0.15, 0.2) is 47.1 Å². The van der Waals surface area contributed by atoms with Crippen molar-refractivity contribution in [2.24, 2.45) is 0 Å². The van der Waals surface area contributed by atoms with Crippen molar-refractivity contribution in [3.63, 3.8) is 0 Å². The van der Waals surface area contributed by atoms with Gasteiger partial charge in [-0.25, -0.2) is 9.18 Å². The van der Waals surface area contributed by atoms with Crippen LogP contribution in [-0.2, 0) is 23.4 Å². The van der Waals surface area contributed by atoms with Crippen molar-refractivity contribution in [2.45, 2.75) is 31.5 Å². The number of amides is 1. The van der Waals surface area contributed by atoms with E-state index in [0.29, 0.717) is 42.6 Å². The van der Waals surface area contributed by atoms with Crippen molar-refractivity contribution < 1.29 is 18.3 Å². The summed E-state index contributed by atoms with van der Waals surface area (Å²) in [7, 11) is 1.39. The molecule has 0 radical (unpaired) electrons. The second kappa shape index (κ2) is 7.81. The van der Waals surface area contributed by atoms with Crippen LogP contribution < -0.4 is 0 Å². The second-order valence-electron chi connectivity index (χ2n) is 8.17. The van der Waals surface area contributed by atoms with Gasteiger partial charge in [-0.3, -0.25) is 14.4 Å². The number of piperidine rings is 1. The maximum Gasteiger partial charge on any atom is 0.409 e. The smallest absolute Gasteiger partial charge is 0.409 e. The third kappa shape index (κ3) is 3.48. The number of ether oxygens (including phenoxy) is 1. The Balaban J connectivity index is 1.44. The Morgan fingerprint density at radius 1 is 1.19 bits per heavy atom. The predicted molar refractivity (Wildman–Crippen MR) is 109 cm³/mol. The Kier molecular flexibility index (Phi) is 4.97. The van der Waals surface area contributed by atoms with Crippen molar-refractivity contribution >= 4 is 6.09 Å². The zero-order valence-electron chi connectivity index (χ0n) is 17.3. The lowest BCUT2D eigenvalue weighted by Gasteiger charge is -2.48. The SMILES string of the molecule is COC(=O)N1Cc2nnc(-c3ccco3)n2C2(CCN(Cc3ccccc3F)CC2)C1. The van der Waals surface area contributed by atoms with Gasteiger partial charge in [0.15, 0.2) is 17.4 Å². The molecule has 9 heteroatoms. The van der Waals surface area contributed by atoms with Gasteiger partial charge in [-0.1, -0.05) is 18.2 Å². The Morgan fingerprint density at radius 2 is 2.00 bits per heavy atom. The third-order valence-electron chi connectivity index (χ3n) is 6.33. The zero-order chi connectivity index (χ0) is 21.4. The standard InChI is InChI=1S/C22H24FN5O3/c1-30-21(29)27-14-19-24-25-20(18-7-4-12-31-18)28(19)22(15-27)8-10-26(11-9-22)13-16-5-2-3-6-17(16)23/h2-7,12H,8-11,13-15H2,1H3. The molecular weight excluding hydrogens is 401 g/mol. The first-order valence-corrected chi connectivity index (χ1v) is 10.4. The molecule has 162 valence electrons. The number of nitrogens with zero attached hydrogens (tertiary/aromatic N) is 5. The Bertz CT molecular complexity index is 1070. The topological polar surface area (TPSA) is 76.6 Å². The molecule has 2 aliphatic heterocycles. The van der Waals surface area contributed by atoms with Gasteiger partial charge in [0.25, 0.3) is 0 Å². The first-order valence-electron chi connectivity index (χ1n) is 10.4. The molecule has 2 aromatic heterocycles. The third-order valence-corrected chi connectivity index (χ3v) is 6.33. The van der Waals surface area contributed by atoms with E-state index in [4.69, 9.17) is 9.15 Å². The minimum Gasteiger partial charge on any atom is -0.461 e. The molecule has 1 spiro atoms. The van der Waals surface area contributed by atoms with E-state index in [1.54, 1.807) is 17.2 Å². The number of carbonyl (C=O) groups is 1.